The number of para-hydroxylation sites is 1. The number of nitrogens with zero attached hydrogens (tertiary/aromatic N) is 2. The van der Waals surface area contributed by atoms with Crippen molar-refractivity contribution in [2.45, 2.75) is 17.7 Å². The van der Waals surface area contributed by atoms with E-state index in [0.717, 1.165) is 18.5 Å². The van der Waals surface area contributed by atoms with E-state index in [1.54, 1.807) is 0 Å². The summed E-state index contributed by atoms with van der Waals surface area (Å²) in [5, 5.41) is 4.44. The van der Waals surface area contributed by atoms with E-state index in [2.05, 4.69) is 63.5 Å². The van der Waals surface area contributed by atoms with E-state index in [9.17, 15) is 0 Å². The standard InChI is InChI=1S/C18H17BrN2/c19-18(15-7-3-1-4-8-15)12-11-17-13-14-20-21(17)16-9-5-2-6-10-16/h1-10,13-14,18H,11-12H2. The summed E-state index contributed by atoms with van der Waals surface area (Å²) in [7, 11) is 0. The SMILES string of the molecule is BrC(CCc1ccnn1-c1ccccc1)c1ccccc1. The molecule has 3 aromatic rings. The molecule has 0 spiro atoms. The van der Waals surface area contributed by atoms with E-state index in [1.165, 1.54) is 11.3 Å². The first kappa shape index (κ1) is 14.1. The van der Waals surface area contributed by atoms with Gasteiger partial charge in [0, 0.05) is 16.7 Å². The number of hydrogen-bond acceptors (Lipinski definition) is 1. The van der Waals surface area contributed by atoms with Crippen LogP contribution >= 0.6 is 15.9 Å². The quantitative estimate of drug-likeness (QED) is 0.601. The van der Waals surface area contributed by atoms with Gasteiger partial charge in [0.15, 0.2) is 0 Å². The minimum Gasteiger partial charge on any atom is -0.238 e. The number of alkyl halides is 1. The normalized spacial score (nSPS) is 12.2. The summed E-state index contributed by atoms with van der Waals surface area (Å²) >= 11 is 3.78. The predicted molar refractivity (Wildman–Crippen MR) is 90.0 cm³/mol. The Morgan fingerprint density at radius 3 is 2.29 bits per heavy atom. The van der Waals surface area contributed by atoms with Crippen molar-refractivity contribution in [3.63, 3.8) is 0 Å². The Morgan fingerprint density at radius 1 is 0.905 bits per heavy atom. The third-order valence-corrected chi connectivity index (χ3v) is 4.52. The van der Waals surface area contributed by atoms with Gasteiger partial charge in [0.25, 0.3) is 0 Å². The zero-order valence-corrected chi connectivity index (χ0v) is 13.3. The van der Waals surface area contributed by atoms with E-state index in [1.807, 2.05) is 35.1 Å². The van der Waals surface area contributed by atoms with Crippen molar-refractivity contribution in [1.82, 2.24) is 9.78 Å². The van der Waals surface area contributed by atoms with Crippen LogP contribution < -0.4 is 0 Å². The van der Waals surface area contributed by atoms with Gasteiger partial charge in [0.05, 0.1) is 5.69 Å². The van der Waals surface area contributed by atoms with Gasteiger partial charge in [-0.3, -0.25) is 0 Å². The number of halogens is 1. The molecule has 0 aliphatic carbocycles. The average Bonchev–Trinajstić information content (AvgIpc) is 3.03. The summed E-state index contributed by atoms with van der Waals surface area (Å²) in [5.41, 5.74) is 3.67. The van der Waals surface area contributed by atoms with Crippen molar-refractivity contribution >= 4 is 15.9 Å². The lowest BCUT2D eigenvalue weighted by Crippen LogP contribution is -2.03. The Balaban J connectivity index is 1.71. The minimum atomic E-state index is 0.373. The summed E-state index contributed by atoms with van der Waals surface area (Å²) in [4.78, 5) is 0.373. The summed E-state index contributed by atoms with van der Waals surface area (Å²) in [6, 6.07) is 22.9. The van der Waals surface area contributed by atoms with E-state index in [0.29, 0.717) is 4.83 Å². The molecule has 0 radical (unpaired) electrons. The van der Waals surface area contributed by atoms with Crippen LogP contribution in [0.3, 0.4) is 0 Å². The number of aryl methyl sites for hydroxylation is 1. The summed E-state index contributed by atoms with van der Waals surface area (Å²) in [6.07, 6.45) is 3.90. The van der Waals surface area contributed by atoms with Crippen LogP contribution in [0.15, 0.2) is 72.9 Å². The van der Waals surface area contributed by atoms with Crippen LogP contribution in [0.2, 0.25) is 0 Å². The maximum absolute atomic E-state index is 4.44. The molecule has 21 heavy (non-hydrogen) atoms. The van der Waals surface area contributed by atoms with Crippen molar-refractivity contribution in [2.75, 3.05) is 0 Å². The van der Waals surface area contributed by atoms with Crippen molar-refractivity contribution in [3.05, 3.63) is 84.2 Å². The van der Waals surface area contributed by atoms with Gasteiger partial charge in [0.2, 0.25) is 0 Å². The number of aromatic nitrogens is 2. The fraction of sp³-hybridized carbons (Fsp3) is 0.167. The molecule has 0 amide bonds. The van der Waals surface area contributed by atoms with Crippen molar-refractivity contribution in [2.24, 2.45) is 0 Å². The molecule has 0 aliphatic rings. The number of hydrogen-bond donors (Lipinski definition) is 0. The van der Waals surface area contributed by atoms with Crippen LogP contribution in [0, 0.1) is 0 Å². The molecule has 1 aromatic heterocycles. The molecule has 106 valence electrons. The second kappa shape index (κ2) is 6.72. The lowest BCUT2D eigenvalue weighted by molar-refractivity contribution is 0.738. The maximum atomic E-state index is 4.44. The monoisotopic (exact) mass is 340 g/mol. The second-order valence-electron chi connectivity index (χ2n) is 4.99. The summed E-state index contributed by atoms with van der Waals surface area (Å²) in [5.74, 6) is 0. The largest absolute Gasteiger partial charge is 0.238 e. The highest BCUT2D eigenvalue weighted by Gasteiger charge is 2.10. The Hall–Kier alpha value is -1.87. The Labute approximate surface area is 133 Å². The smallest absolute Gasteiger partial charge is 0.0648 e. The van der Waals surface area contributed by atoms with Crippen LogP contribution in [-0.2, 0) is 6.42 Å². The van der Waals surface area contributed by atoms with Gasteiger partial charge in [-0.25, -0.2) is 4.68 Å². The third kappa shape index (κ3) is 3.42. The average molecular weight is 341 g/mol. The van der Waals surface area contributed by atoms with Gasteiger partial charge in [-0.05, 0) is 36.6 Å². The van der Waals surface area contributed by atoms with Crippen molar-refractivity contribution < 1.29 is 0 Å². The predicted octanol–water partition coefficient (Wildman–Crippen LogP) is 4.94. The maximum Gasteiger partial charge on any atom is 0.0648 e. The molecule has 2 nitrogen and oxygen atoms in total. The van der Waals surface area contributed by atoms with Gasteiger partial charge < -0.3 is 0 Å². The zero-order chi connectivity index (χ0) is 14.5. The fourth-order valence-corrected chi connectivity index (χ4v) is 2.96. The van der Waals surface area contributed by atoms with Gasteiger partial charge >= 0.3 is 0 Å². The molecule has 0 fully saturated rings. The van der Waals surface area contributed by atoms with E-state index < -0.39 is 0 Å². The molecule has 3 rings (SSSR count). The second-order valence-corrected chi connectivity index (χ2v) is 6.09. The molecular formula is C18H17BrN2. The molecule has 0 N–H and O–H groups in total. The molecule has 1 heterocycles. The molecule has 1 unspecified atom stereocenters. The fourth-order valence-electron chi connectivity index (χ4n) is 2.42. The van der Waals surface area contributed by atoms with Gasteiger partial charge in [-0.15, -0.1) is 0 Å². The summed E-state index contributed by atoms with van der Waals surface area (Å²) < 4.78 is 2.02. The van der Waals surface area contributed by atoms with Crippen LogP contribution in [0.5, 0.6) is 0 Å². The lowest BCUT2D eigenvalue weighted by Gasteiger charge is -2.11. The van der Waals surface area contributed by atoms with E-state index >= 15 is 0 Å². The van der Waals surface area contributed by atoms with Crippen LogP contribution in [0.25, 0.3) is 5.69 Å². The molecule has 0 aliphatic heterocycles. The van der Waals surface area contributed by atoms with Gasteiger partial charge in [0.1, 0.15) is 0 Å². The molecule has 1 atom stereocenters. The van der Waals surface area contributed by atoms with Gasteiger partial charge in [-0.2, -0.15) is 5.10 Å². The van der Waals surface area contributed by atoms with E-state index in [-0.39, 0.29) is 0 Å². The molecule has 2 aromatic carbocycles. The number of benzene rings is 2. The Kier molecular flexibility index (Phi) is 4.51. The van der Waals surface area contributed by atoms with Crippen molar-refractivity contribution in [3.8, 4) is 5.69 Å². The Morgan fingerprint density at radius 2 is 1.57 bits per heavy atom. The first-order chi connectivity index (χ1) is 10.3. The highest BCUT2D eigenvalue weighted by atomic mass is 79.9. The molecule has 3 heteroatoms. The number of rotatable bonds is 5. The van der Waals surface area contributed by atoms with Crippen LogP contribution in [0.4, 0.5) is 0 Å². The molecule has 0 saturated carbocycles. The lowest BCUT2D eigenvalue weighted by atomic mass is 10.1. The Bertz CT molecular complexity index is 677. The van der Waals surface area contributed by atoms with Gasteiger partial charge in [-0.1, -0.05) is 64.5 Å². The molecule has 0 saturated heterocycles. The van der Waals surface area contributed by atoms with E-state index in [4.69, 9.17) is 0 Å². The highest BCUT2D eigenvalue weighted by Crippen LogP contribution is 2.27. The molecule has 0 bridgehead atoms. The first-order valence-electron chi connectivity index (χ1n) is 7.12. The zero-order valence-electron chi connectivity index (χ0n) is 11.7. The molecular weight excluding hydrogens is 324 g/mol. The third-order valence-electron chi connectivity index (χ3n) is 3.54. The van der Waals surface area contributed by atoms with Crippen LogP contribution in [0.1, 0.15) is 22.5 Å². The topological polar surface area (TPSA) is 17.8 Å². The highest BCUT2D eigenvalue weighted by molar-refractivity contribution is 9.09. The summed E-state index contributed by atoms with van der Waals surface area (Å²) in [6.45, 7) is 0. The minimum absolute atomic E-state index is 0.373. The first-order valence-corrected chi connectivity index (χ1v) is 8.03. The van der Waals surface area contributed by atoms with Crippen molar-refractivity contribution in [1.29, 1.82) is 0 Å². The van der Waals surface area contributed by atoms with Crippen LogP contribution in [-0.4, -0.2) is 9.78 Å².